The van der Waals surface area contributed by atoms with Crippen LogP contribution in [0.5, 0.6) is 0 Å². The number of nitro groups is 1. The van der Waals surface area contributed by atoms with E-state index in [4.69, 9.17) is 16.3 Å². The normalized spacial score (nSPS) is 11.6. The predicted molar refractivity (Wildman–Crippen MR) is 102 cm³/mol. The summed E-state index contributed by atoms with van der Waals surface area (Å²) in [5, 5.41) is 14.0. The van der Waals surface area contributed by atoms with Gasteiger partial charge in [-0.1, -0.05) is 29.3 Å². The molecule has 0 fully saturated rings. The van der Waals surface area contributed by atoms with Crippen LogP contribution in [0.1, 0.15) is 34.0 Å². The van der Waals surface area contributed by atoms with Gasteiger partial charge in [-0.15, -0.1) is 0 Å². The van der Waals surface area contributed by atoms with Crippen LogP contribution in [-0.4, -0.2) is 22.9 Å². The average molecular weight is 391 g/mol. The Morgan fingerprint density at radius 1 is 1.15 bits per heavy atom. The second kappa shape index (κ2) is 8.18. The maximum atomic E-state index is 12.4. The van der Waals surface area contributed by atoms with Gasteiger partial charge in [-0.2, -0.15) is 0 Å². The van der Waals surface area contributed by atoms with Gasteiger partial charge in [0.1, 0.15) is 5.56 Å². The minimum atomic E-state index is -1.15. The third kappa shape index (κ3) is 4.83. The second-order valence-corrected chi connectivity index (χ2v) is 6.67. The summed E-state index contributed by atoms with van der Waals surface area (Å²) in [6.45, 7) is 7.08. The Balaban J connectivity index is 2.16. The van der Waals surface area contributed by atoms with E-state index in [1.807, 2.05) is 32.9 Å². The minimum Gasteiger partial charge on any atom is -0.449 e. The van der Waals surface area contributed by atoms with Gasteiger partial charge in [0, 0.05) is 16.8 Å². The number of esters is 1. The number of benzene rings is 2. The van der Waals surface area contributed by atoms with Gasteiger partial charge >= 0.3 is 5.97 Å². The van der Waals surface area contributed by atoms with Crippen LogP contribution in [0.3, 0.4) is 0 Å². The SMILES string of the molecule is Cc1cc(C)c(NC(=O)C(C)OC(=O)c2ccc(Cl)cc2[N+](=O)[O-])c(C)c1. The molecule has 0 aliphatic rings. The molecule has 1 amide bonds. The van der Waals surface area contributed by atoms with Crippen molar-refractivity contribution in [2.75, 3.05) is 5.32 Å². The number of carbonyl (C=O) groups excluding carboxylic acids is 2. The number of nitrogens with one attached hydrogen (secondary N) is 1. The number of halogens is 1. The van der Waals surface area contributed by atoms with Crippen molar-refractivity contribution >= 4 is 34.9 Å². The molecule has 1 unspecified atom stereocenters. The van der Waals surface area contributed by atoms with Crippen molar-refractivity contribution in [1.82, 2.24) is 0 Å². The lowest BCUT2D eigenvalue weighted by Crippen LogP contribution is -2.30. The molecule has 0 saturated heterocycles. The largest absolute Gasteiger partial charge is 0.449 e. The van der Waals surface area contributed by atoms with Gasteiger partial charge in [0.2, 0.25) is 0 Å². The summed E-state index contributed by atoms with van der Waals surface area (Å²) in [7, 11) is 0. The minimum absolute atomic E-state index is 0.120. The Hall–Kier alpha value is -2.93. The first-order chi connectivity index (χ1) is 12.6. The molecule has 0 heterocycles. The number of ether oxygens (including phenoxy) is 1. The van der Waals surface area contributed by atoms with E-state index >= 15 is 0 Å². The summed E-state index contributed by atoms with van der Waals surface area (Å²) in [6.07, 6.45) is -1.15. The van der Waals surface area contributed by atoms with Crippen molar-refractivity contribution in [2.24, 2.45) is 0 Å². The Labute approximate surface area is 161 Å². The lowest BCUT2D eigenvalue weighted by Gasteiger charge is -2.17. The highest BCUT2D eigenvalue weighted by Gasteiger charge is 2.26. The van der Waals surface area contributed by atoms with Gasteiger partial charge in [-0.3, -0.25) is 14.9 Å². The fourth-order valence-electron chi connectivity index (χ4n) is 2.71. The molecule has 1 N–H and O–H groups in total. The van der Waals surface area contributed by atoms with Crippen LogP contribution in [0.15, 0.2) is 30.3 Å². The average Bonchev–Trinajstić information content (AvgIpc) is 2.57. The van der Waals surface area contributed by atoms with Gasteiger partial charge < -0.3 is 10.1 Å². The number of rotatable bonds is 5. The van der Waals surface area contributed by atoms with Crippen molar-refractivity contribution in [3.05, 3.63) is 67.7 Å². The summed E-state index contributed by atoms with van der Waals surface area (Å²) in [5.74, 6) is -1.51. The maximum Gasteiger partial charge on any atom is 0.345 e. The first-order valence-corrected chi connectivity index (χ1v) is 8.51. The van der Waals surface area contributed by atoms with Gasteiger partial charge in [0.15, 0.2) is 6.10 Å². The van der Waals surface area contributed by atoms with Crippen molar-refractivity contribution in [1.29, 1.82) is 0 Å². The van der Waals surface area contributed by atoms with E-state index in [-0.39, 0.29) is 10.6 Å². The van der Waals surface area contributed by atoms with Gasteiger partial charge in [0.05, 0.1) is 4.92 Å². The Morgan fingerprint density at radius 3 is 2.30 bits per heavy atom. The number of hydrogen-bond donors (Lipinski definition) is 1. The number of nitrogens with zero attached hydrogens (tertiary/aromatic N) is 1. The lowest BCUT2D eigenvalue weighted by atomic mass is 10.0. The van der Waals surface area contributed by atoms with Crippen LogP contribution < -0.4 is 5.32 Å². The number of carbonyl (C=O) groups is 2. The quantitative estimate of drug-likeness (QED) is 0.464. The molecule has 0 radical (unpaired) electrons. The molecule has 1 atom stereocenters. The molecule has 2 aromatic carbocycles. The third-order valence-corrected chi connectivity index (χ3v) is 4.19. The van der Waals surface area contributed by atoms with Gasteiger partial charge in [-0.25, -0.2) is 4.79 Å². The van der Waals surface area contributed by atoms with Crippen molar-refractivity contribution in [3.8, 4) is 0 Å². The maximum absolute atomic E-state index is 12.4. The van der Waals surface area contributed by atoms with Crippen LogP contribution in [0.2, 0.25) is 5.02 Å². The first kappa shape index (κ1) is 20.4. The highest BCUT2D eigenvalue weighted by atomic mass is 35.5. The zero-order valence-electron chi connectivity index (χ0n) is 15.3. The summed E-state index contributed by atoms with van der Waals surface area (Å²) < 4.78 is 5.11. The fraction of sp³-hybridized carbons (Fsp3) is 0.263. The molecule has 0 saturated carbocycles. The molecule has 0 bridgehead atoms. The highest BCUT2D eigenvalue weighted by molar-refractivity contribution is 6.31. The van der Waals surface area contributed by atoms with Crippen LogP contribution in [-0.2, 0) is 9.53 Å². The highest BCUT2D eigenvalue weighted by Crippen LogP contribution is 2.25. The van der Waals surface area contributed by atoms with E-state index in [0.29, 0.717) is 5.69 Å². The van der Waals surface area contributed by atoms with E-state index in [0.717, 1.165) is 22.8 Å². The molecule has 2 aromatic rings. The molecular formula is C19H19ClN2O5. The Bertz CT molecular complexity index is 903. The van der Waals surface area contributed by atoms with Crippen LogP contribution in [0, 0.1) is 30.9 Å². The number of aryl methyl sites for hydroxylation is 3. The number of nitro benzene ring substituents is 1. The molecule has 2 rings (SSSR count). The van der Waals surface area contributed by atoms with Crippen LogP contribution >= 0.6 is 11.6 Å². The standard InChI is InChI=1S/C19H19ClN2O5/c1-10-7-11(2)17(12(3)8-10)21-18(23)13(4)27-19(24)15-6-5-14(20)9-16(15)22(25)26/h5-9,13H,1-4H3,(H,21,23). The van der Waals surface area contributed by atoms with E-state index in [1.54, 1.807) is 0 Å². The van der Waals surface area contributed by atoms with Crippen LogP contribution in [0.25, 0.3) is 0 Å². The summed E-state index contributed by atoms with van der Waals surface area (Å²) in [5.41, 5.74) is 2.72. The number of anilines is 1. The van der Waals surface area contributed by atoms with E-state index in [1.165, 1.54) is 19.1 Å². The number of hydrogen-bond acceptors (Lipinski definition) is 5. The molecule has 0 aliphatic carbocycles. The summed E-state index contributed by atoms with van der Waals surface area (Å²) in [6, 6.07) is 7.45. The van der Waals surface area contributed by atoms with Crippen molar-refractivity contribution in [3.63, 3.8) is 0 Å². The molecule has 142 valence electrons. The molecule has 0 spiro atoms. The van der Waals surface area contributed by atoms with Crippen molar-refractivity contribution < 1.29 is 19.2 Å². The Morgan fingerprint density at radius 2 is 1.74 bits per heavy atom. The van der Waals surface area contributed by atoms with E-state index in [2.05, 4.69) is 5.32 Å². The fourth-order valence-corrected chi connectivity index (χ4v) is 2.87. The zero-order chi connectivity index (χ0) is 20.3. The van der Waals surface area contributed by atoms with Crippen molar-refractivity contribution in [2.45, 2.75) is 33.8 Å². The summed E-state index contributed by atoms with van der Waals surface area (Å²) in [4.78, 5) is 35.0. The van der Waals surface area contributed by atoms with E-state index in [9.17, 15) is 19.7 Å². The monoisotopic (exact) mass is 390 g/mol. The number of amides is 1. The first-order valence-electron chi connectivity index (χ1n) is 8.13. The molecule has 0 aliphatic heterocycles. The van der Waals surface area contributed by atoms with Gasteiger partial charge in [-0.05, 0) is 51.0 Å². The predicted octanol–water partition coefficient (Wildman–Crippen LogP) is 4.36. The summed E-state index contributed by atoms with van der Waals surface area (Å²) >= 11 is 5.73. The smallest absolute Gasteiger partial charge is 0.345 e. The van der Waals surface area contributed by atoms with Crippen LogP contribution in [0.4, 0.5) is 11.4 Å². The molecule has 8 heteroatoms. The molecule has 0 aromatic heterocycles. The molecule has 27 heavy (non-hydrogen) atoms. The van der Waals surface area contributed by atoms with E-state index < -0.39 is 28.6 Å². The lowest BCUT2D eigenvalue weighted by molar-refractivity contribution is -0.385. The molecule has 7 nitrogen and oxygen atoms in total. The second-order valence-electron chi connectivity index (χ2n) is 6.23. The van der Waals surface area contributed by atoms with Gasteiger partial charge in [0.25, 0.3) is 11.6 Å². The molecular weight excluding hydrogens is 372 g/mol. The third-order valence-electron chi connectivity index (χ3n) is 3.95. The topological polar surface area (TPSA) is 98.5 Å². The Kier molecular flexibility index (Phi) is 6.17. The zero-order valence-corrected chi connectivity index (χ0v) is 16.1.